The quantitative estimate of drug-likeness (QED) is 0.811. The highest BCUT2D eigenvalue weighted by Gasteiger charge is 2.14. The standard InChI is InChI=1S/C11H15FO3/c1-14-10-8(4-3-7-13)5-6-9(12)11(10)15-2/h5-6,13H,3-4,7H2,1-2H3. The van der Waals surface area contributed by atoms with Gasteiger partial charge in [-0.05, 0) is 24.5 Å². The van der Waals surface area contributed by atoms with Crippen molar-refractivity contribution < 1.29 is 19.0 Å². The fourth-order valence-corrected chi connectivity index (χ4v) is 1.46. The van der Waals surface area contributed by atoms with Gasteiger partial charge in [0.15, 0.2) is 17.3 Å². The Kier molecular flexibility index (Phi) is 4.37. The number of benzene rings is 1. The van der Waals surface area contributed by atoms with Crippen LogP contribution in [0, 0.1) is 5.82 Å². The van der Waals surface area contributed by atoms with Crippen molar-refractivity contribution in [2.75, 3.05) is 20.8 Å². The van der Waals surface area contributed by atoms with Crippen LogP contribution < -0.4 is 9.47 Å². The first-order chi connectivity index (χ1) is 7.24. The molecule has 1 N–H and O–H groups in total. The molecule has 0 aromatic heterocycles. The molecule has 0 saturated carbocycles. The maximum absolute atomic E-state index is 13.3. The van der Waals surface area contributed by atoms with Crippen molar-refractivity contribution in [1.29, 1.82) is 0 Å². The first-order valence-electron chi connectivity index (χ1n) is 4.74. The van der Waals surface area contributed by atoms with Crippen LogP contribution in [0.5, 0.6) is 11.5 Å². The van der Waals surface area contributed by atoms with Gasteiger partial charge in [0.05, 0.1) is 14.2 Å². The number of methoxy groups -OCH3 is 2. The Bertz CT molecular complexity index is 326. The molecule has 3 nitrogen and oxygen atoms in total. The number of ether oxygens (including phenoxy) is 2. The number of halogens is 1. The zero-order chi connectivity index (χ0) is 11.3. The summed E-state index contributed by atoms with van der Waals surface area (Å²) in [6, 6.07) is 2.99. The summed E-state index contributed by atoms with van der Waals surface area (Å²) in [4.78, 5) is 0. The number of rotatable bonds is 5. The molecule has 0 bridgehead atoms. The van der Waals surface area contributed by atoms with Gasteiger partial charge < -0.3 is 14.6 Å². The Morgan fingerprint density at radius 2 is 1.87 bits per heavy atom. The Balaban J connectivity index is 3.05. The fourth-order valence-electron chi connectivity index (χ4n) is 1.46. The van der Waals surface area contributed by atoms with Gasteiger partial charge in [0, 0.05) is 6.61 Å². The van der Waals surface area contributed by atoms with Crippen LogP contribution in [-0.2, 0) is 6.42 Å². The number of aryl methyl sites for hydroxylation is 1. The van der Waals surface area contributed by atoms with E-state index >= 15 is 0 Å². The molecule has 15 heavy (non-hydrogen) atoms. The second kappa shape index (κ2) is 5.56. The predicted molar refractivity (Wildman–Crippen MR) is 54.9 cm³/mol. The molecule has 0 aliphatic rings. The topological polar surface area (TPSA) is 38.7 Å². The number of aliphatic hydroxyl groups excluding tert-OH is 1. The van der Waals surface area contributed by atoms with Gasteiger partial charge in [-0.15, -0.1) is 0 Å². The van der Waals surface area contributed by atoms with Gasteiger partial charge in [0.1, 0.15) is 0 Å². The maximum Gasteiger partial charge on any atom is 0.197 e. The molecule has 0 saturated heterocycles. The summed E-state index contributed by atoms with van der Waals surface area (Å²) in [6.45, 7) is 0.100. The van der Waals surface area contributed by atoms with E-state index in [0.717, 1.165) is 5.56 Å². The van der Waals surface area contributed by atoms with Crippen molar-refractivity contribution in [2.45, 2.75) is 12.8 Å². The summed E-state index contributed by atoms with van der Waals surface area (Å²) in [5, 5.41) is 8.73. The summed E-state index contributed by atoms with van der Waals surface area (Å²) >= 11 is 0. The maximum atomic E-state index is 13.3. The van der Waals surface area contributed by atoms with E-state index in [0.29, 0.717) is 18.6 Å². The molecule has 0 amide bonds. The molecule has 0 radical (unpaired) electrons. The summed E-state index contributed by atoms with van der Waals surface area (Å²) in [6.07, 6.45) is 1.25. The zero-order valence-corrected chi connectivity index (χ0v) is 8.92. The lowest BCUT2D eigenvalue weighted by Gasteiger charge is -2.12. The average molecular weight is 214 g/mol. The average Bonchev–Trinajstić information content (AvgIpc) is 2.26. The van der Waals surface area contributed by atoms with E-state index in [2.05, 4.69) is 0 Å². The Morgan fingerprint density at radius 3 is 2.40 bits per heavy atom. The molecule has 0 atom stereocenters. The van der Waals surface area contributed by atoms with Gasteiger partial charge in [0.25, 0.3) is 0 Å². The number of hydrogen-bond donors (Lipinski definition) is 1. The molecule has 1 rings (SSSR count). The molecule has 84 valence electrons. The minimum absolute atomic E-state index is 0.100. The van der Waals surface area contributed by atoms with E-state index in [1.165, 1.54) is 20.3 Å². The second-order valence-corrected chi connectivity index (χ2v) is 3.10. The van der Waals surface area contributed by atoms with Crippen LogP contribution in [0.3, 0.4) is 0 Å². The molecule has 0 aliphatic heterocycles. The smallest absolute Gasteiger partial charge is 0.197 e. The van der Waals surface area contributed by atoms with Crippen LogP contribution in [0.1, 0.15) is 12.0 Å². The van der Waals surface area contributed by atoms with Crippen LogP contribution in [0.25, 0.3) is 0 Å². The molecule has 0 unspecified atom stereocenters. The number of aliphatic hydroxyl groups is 1. The summed E-state index contributed by atoms with van der Waals surface area (Å²) in [5.74, 6) is 0.0842. The van der Waals surface area contributed by atoms with E-state index in [1.807, 2.05) is 0 Å². The summed E-state index contributed by atoms with van der Waals surface area (Å²) in [5.41, 5.74) is 0.838. The molecule has 1 aromatic rings. The summed E-state index contributed by atoms with van der Waals surface area (Å²) < 4.78 is 23.3. The van der Waals surface area contributed by atoms with Crippen molar-refractivity contribution in [3.8, 4) is 11.5 Å². The Labute approximate surface area is 88.4 Å². The van der Waals surface area contributed by atoms with E-state index < -0.39 is 5.82 Å². The molecule has 0 heterocycles. The van der Waals surface area contributed by atoms with Crippen molar-refractivity contribution in [3.05, 3.63) is 23.5 Å². The van der Waals surface area contributed by atoms with E-state index in [1.54, 1.807) is 6.07 Å². The van der Waals surface area contributed by atoms with Gasteiger partial charge in [-0.3, -0.25) is 0 Å². The minimum atomic E-state index is -0.443. The molecule has 0 fully saturated rings. The van der Waals surface area contributed by atoms with Crippen molar-refractivity contribution in [1.82, 2.24) is 0 Å². The Morgan fingerprint density at radius 1 is 1.20 bits per heavy atom. The molecule has 1 aromatic carbocycles. The minimum Gasteiger partial charge on any atom is -0.492 e. The van der Waals surface area contributed by atoms with Crippen LogP contribution >= 0.6 is 0 Å². The van der Waals surface area contributed by atoms with Gasteiger partial charge >= 0.3 is 0 Å². The zero-order valence-electron chi connectivity index (χ0n) is 8.92. The van der Waals surface area contributed by atoms with Crippen LogP contribution in [-0.4, -0.2) is 25.9 Å². The van der Waals surface area contributed by atoms with Gasteiger partial charge in [0.2, 0.25) is 0 Å². The second-order valence-electron chi connectivity index (χ2n) is 3.10. The van der Waals surface area contributed by atoms with E-state index in [-0.39, 0.29) is 12.4 Å². The van der Waals surface area contributed by atoms with Crippen molar-refractivity contribution >= 4 is 0 Å². The lowest BCUT2D eigenvalue weighted by Crippen LogP contribution is -1.99. The van der Waals surface area contributed by atoms with Crippen molar-refractivity contribution in [3.63, 3.8) is 0 Å². The monoisotopic (exact) mass is 214 g/mol. The molecule has 0 spiro atoms. The van der Waals surface area contributed by atoms with Gasteiger partial charge in [-0.25, -0.2) is 4.39 Å². The Hall–Kier alpha value is -1.29. The van der Waals surface area contributed by atoms with Crippen LogP contribution in [0.2, 0.25) is 0 Å². The third kappa shape index (κ3) is 2.59. The molecule has 0 aliphatic carbocycles. The van der Waals surface area contributed by atoms with E-state index in [9.17, 15) is 4.39 Å². The first kappa shape index (κ1) is 11.8. The fraction of sp³-hybridized carbons (Fsp3) is 0.455. The predicted octanol–water partition coefficient (Wildman–Crippen LogP) is 1.77. The highest BCUT2D eigenvalue weighted by Crippen LogP contribution is 2.34. The van der Waals surface area contributed by atoms with Gasteiger partial charge in [-0.1, -0.05) is 6.07 Å². The summed E-state index contributed by atoms with van der Waals surface area (Å²) in [7, 11) is 2.87. The first-order valence-corrected chi connectivity index (χ1v) is 4.74. The largest absolute Gasteiger partial charge is 0.492 e. The molecular weight excluding hydrogens is 199 g/mol. The highest BCUT2D eigenvalue weighted by atomic mass is 19.1. The van der Waals surface area contributed by atoms with E-state index in [4.69, 9.17) is 14.6 Å². The lowest BCUT2D eigenvalue weighted by molar-refractivity contribution is 0.286. The third-order valence-corrected chi connectivity index (χ3v) is 2.16. The lowest BCUT2D eigenvalue weighted by atomic mass is 10.1. The normalized spacial score (nSPS) is 10.1. The number of hydrogen-bond acceptors (Lipinski definition) is 3. The molecular formula is C11H15FO3. The SMILES string of the molecule is COc1c(F)ccc(CCCO)c1OC. The van der Waals surface area contributed by atoms with Crippen molar-refractivity contribution in [2.24, 2.45) is 0 Å². The van der Waals surface area contributed by atoms with Gasteiger partial charge in [-0.2, -0.15) is 0 Å². The third-order valence-electron chi connectivity index (χ3n) is 2.16. The highest BCUT2D eigenvalue weighted by molar-refractivity contribution is 5.47. The van der Waals surface area contributed by atoms with Crippen LogP contribution in [0.15, 0.2) is 12.1 Å². The molecule has 4 heteroatoms. The van der Waals surface area contributed by atoms with Crippen LogP contribution in [0.4, 0.5) is 4.39 Å².